The maximum absolute atomic E-state index is 13.3. The molecule has 0 radical (unpaired) electrons. The van der Waals surface area contributed by atoms with E-state index < -0.39 is 16.0 Å². The summed E-state index contributed by atoms with van der Waals surface area (Å²) in [6, 6.07) is 2.85. The number of rotatable bonds is 8. The Balaban J connectivity index is 2.01. The first-order valence-corrected chi connectivity index (χ1v) is 10.3. The second-order valence-electron chi connectivity index (χ2n) is 6.47. The minimum atomic E-state index is -4.00. The number of aryl methyl sites for hydroxylation is 1. The van der Waals surface area contributed by atoms with Crippen molar-refractivity contribution in [3.05, 3.63) is 35.4 Å². The number of sulfonamides is 1. The highest BCUT2D eigenvalue weighted by Crippen LogP contribution is 2.37. The van der Waals surface area contributed by atoms with E-state index in [0.717, 1.165) is 35.6 Å². The molecule has 1 aliphatic rings. The van der Waals surface area contributed by atoms with Crippen LogP contribution in [0.2, 0.25) is 0 Å². The number of aromatic nitrogens is 3. The molecule has 0 saturated carbocycles. The van der Waals surface area contributed by atoms with Crippen molar-refractivity contribution in [2.24, 2.45) is 0 Å². The Morgan fingerprint density at radius 1 is 1.31 bits per heavy atom. The highest BCUT2D eigenvalue weighted by atomic mass is 32.2. The van der Waals surface area contributed by atoms with Gasteiger partial charge in [-0.15, -0.1) is 10.2 Å². The van der Waals surface area contributed by atoms with Crippen LogP contribution in [0.3, 0.4) is 0 Å². The normalized spacial score (nSPS) is 13.8. The first-order valence-electron chi connectivity index (χ1n) is 8.82. The Hall–Kier alpha value is -2.92. The molecule has 1 aliphatic heterocycles. The van der Waals surface area contributed by atoms with E-state index in [1.807, 2.05) is 4.57 Å². The molecule has 10 nitrogen and oxygen atoms in total. The van der Waals surface area contributed by atoms with Crippen molar-refractivity contribution in [3.63, 3.8) is 0 Å². The maximum Gasteiger partial charge on any atom is 0.328 e. The summed E-state index contributed by atoms with van der Waals surface area (Å²) in [6.07, 6.45) is 3.99. The zero-order chi connectivity index (χ0) is 21.2. The quantitative estimate of drug-likeness (QED) is 0.629. The van der Waals surface area contributed by atoms with Crippen LogP contribution in [-0.2, 0) is 34.3 Å². The largest absolute Gasteiger partial charge is 0.493 e. The lowest BCUT2D eigenvalue weighted by molar-refractivity contribution is -0.131. The Labute approximate surface area is 168 Å². The molecule has 0 fully saturated rings. The molecule has 0 bridgehead atoms. The second-order valence-corrected chi connectivity index (χ2v) is 8.49. The molecule has 0 spiro atoms. The van der Waals surface area contributed by atoms with Crippen LogP contribution in [0.25, 0.3) is 6.08 Å². The smallest absolute Gasteiger partial charge is 0.328 e. The summed E-state index contributed by atoms with van der Waals surface area (Å²) in [6.45, 7) is 0.800. The third kappa shape index (κ3) is 4.10. The van der Waals surface area contributed by atoms with Gasteiger partial charge in [0.1, 0.15) is 16.5 Å². The van der Waals surface area contributed by atoms with Gasteiger partial charge in [0.25, 0.3) is 0 Å². The molecular weight excluding hydrogens is 400 g/mol. The van der Waals surface area contributed by atoms with Crippen LogP contribution in [0.4, 0.5) is 0 Å². The molecule has 1 N–H and O–H groups in total. The Morgan fingerprint density at radius 2 is 2.07 bits per heavy atom. The summed E-state index contributed by atoms with van der Waals surface area (Å²) in [7, 11) is 0.159. The van der Waals surface area contributed by atoms with Gasteiger partial charge >= 0.3 is 5.97 Å². The van der Waals surface area contributed by atoms with Gasteiger partial charge in [0.05, 0.1) is 20.8 Å². The molecule has 1 aromatic carbocycles. The van der Waals surface area contributed by atoms with E-state index >= 15 is 0 Å². The van der Waals surface area contributed by atoms with Crippen molar-refractivity contribution in [1.29, 1.82) is 0 Å². The number of nitrogens with zero attached hydrogens (tertiary/aromatic N) is 4. The summed E-state index contributed by atoms with van der Waals surface area (Å²) in [5.41, 5.74) is 0.348. The minimum absolute atomic E-state index is 0.0377. The zero-order valence-corrected chi connectivity index (χ0v) is 17.1. The van der Waals surface area contributed by atoms with Gasteiger partial charge in [0, 0.05) is 26.1 Å². The lowest BCUT2D eigenvalue weighted by Crippen LogP contribution is -2.28. The number of hydrogen-bond acceptors (Lipinski definition) is 7. The molecule has 0 unspecified atom stereocenters. The van der Waals surface area contributed by atoms with Crippen LogP contribution in [-0.4, -0.2) is 59.8 Å². The molecule has 29 heavy (non-hydrogen) atoms. The fourth-order valence-corrected chi connectivity index (χ4v) is 4.51. The third-order valence-electron chi connectivity index (χ3n) is 4.62. The summed E-state index contributed by atoms with van der Waals surface area (Å²) in [4.78, 5) is 10.7. The highest BCUT2D eigenvalue weighted by molar-refractivity contribution is 7.89. The predicted molar refractivity (Wildman–Crippen MR) is 103 cm³/mol. The Bertz CT molecular complexity index is 1060. The number of aliphatic carboxylic acids is 1. The lowest BCUT2D eigenvalue weighted by atomic mass is 10.2. The van der Waals surface area contributed by atoms with E-state index in [1.54, 1.807) is 0 Å². The average molecular weight is 422 g/mol. The van der Waals surface area contributed by atoms with Crippen molar-refractivity contribution < 1.29 is 27.8 Å². The number of fused-ring (bicyclic) bond motifs is 1. The van der Waals surface area contributed by atoms with E-state index in [2.05, 4.69) is 10.2 Å². The first kappa shape index (κ1) is 20.8. The fourth-order valence-electron chi connectivity index (χ4n) is 3.18. The van der Waals surface area contributed by atoms with Gasteiger partial charge in [-0.05, 0) is 30.2 Å². The number of carbonyl (C=O) groups is 1. The molecule has 2 aromatic rings. The van der Waals surface area contributed by atoms with E-state index in [1.165, 1.54) is 39.5 Å². The van der Waals surface area contributed by atoms with Crippen LogP contribution in [0.15, 0.2) is 23.1 Å². The minimum Gasteiger partial charge on any atom is -0.493 e. The van der Waals surface area contributed by atoms with Gasteiger partial charge in [0.15, 0.2) is 11.5 Å². The van der Waals surface area contributed by atoms with E-state index in [-0.39, 0.29) is 22.9 Å². The van der Waals surface area contributed by atoms with Gasteiger partial charge in [0.2, 0.25) is 10.0 Å². The molecule has 2 heterocycles. The summed E-state index contributed by atoms with van der Waals surface area (Å²) >= 11 is 0. The standard InChI is InChI=1S/C18H22N4O6S/c1-21(11-16-20-19-15-5-4-8-22(15)16)29(25,26)14-10-12(6-7-17(23)24)9-13(27-2)18(14)28-3/h6-7,9-10H,4-5,8,11H2,1-3H3,(H,23,24). The summed E-state index contributed by atoms with van der Waals surface area (Å²) in [5.74, 6) is 0.484. The topological polar surface area (TPSA) is 124 Å². The molecular formula is C18H22N4O6S. The maximum atomic E-state index is 13.3. The fraction of sp³-hybridized carbons (Fsp3) is 0.389. The van der Waals surface area contributed by atoms with Crippen molar-refractivity contribution in [2.45, 2.75) is 30.8 Å². The van der Waals surface area contributed by atoms with Crippen molar-refractivity contribution in [2.75, 3.05) is 21.3 Å². The number of methoxy groups -OCH3 is 2. The molecule has 3 rings (SSSR count). The second kappa shape index (κ2) is 8.21. The lowest BCUT2D eigenvalue weighted by Gasteiger charge is -2.20. The Morgan fingerprint density at radius 3 is 2.72 bits per heavy atom. The molecule has 0 atom stereocenters. The number of benzene rings is 1. The van der Waals surface area contributed by atoms with Crippen LogP contribution >= 0.6 is 0 Å². The van der Waals surface area contributed by atoms with E-state index in [9.17, 15) is 13.2 Å². The monoisotopic (exact) mass is 422 g/mol. The number of carboxylic acids is 1. The summed E-state index contributed by atoms with van der Waals surface area (Å²) in [5, 5.41) is 17.1. The van der Waals surface area contributed by atoms with Gasteiger partial charge < -0.3 is 19.1 Å². The van der Waals surface area contributed by atoms with Gasteiger partial charge in [-0.25, -0.2) is 13.2 Å². The van der Waals surface area contributed by atoms with Crippen molar-refractivity contribution in [1.82, 2.24) is 19.1 Å². The number of carboxylic acid groups (broad SMARTS) is 1. The van der Waals surface area contributed by atoms with Gasteiger partial charge in [-0.2, -0.15) is 4.31 Å². The van der Waals surface area contributed by atoms with E-state index in [0.29, 0.717) is 11.4 Å². The van der Waals surface area contributed by atoms with Gasteiger partial charge in [-0.1, -0.05) is 0 Å². The van der Waals surface area contributed by atoms with Gasteiger partial charge in [-0.3, -0.25) is 0 Å². The predicted octanol–water partition coefficient (Wildman–Crippen LogP) is 1.16. The molecule has 0 saturated heterocycles. The van der Waals surface area contributed by atoms with Crippen molar-refractivity contribution >= 4 is 22.1 Å². The molecule has 11 heteroatoms. The SMILES string of the molecule is COc1cc(C=CC(=O)O)cc(S(=O)(=O)N(C)Cc2nnc3n2CCC3)c1OC. The average Bonchev–Trinajstić information content (AvgIpc) is 3.30. The molecule has 156 valence electrons. The molecule has 0 aliphatic carbocycles. The molecule has 0 amide bonds. The summed E-state index contributed by atoms with van der Waals surface area (Å²) < 4.78 is 40.2. The molecule has 1 aromatic heterocycles. The van der Waals surface area contributed by atoms with Crippen LogP contribution < -0.4 is 9.47 Å². The highest BCUT2D eigenvalue weighted by Gasteiger charge is 2.30. The van der Waals surface area contributed by atoms with Crippen LogP contribution in [0, 0.1) is 0 Å². The third-order valence-corrected chi connectivity index (χ3v) is 6.43. The zero-order valence-electron chi connectivity index (χ0n) is 16.3. The number of ether oxygens (including phenoxy) is 2. The number of hydrogen-bond donors (Lipinski definition) is 1. The van der Waals surface area contributed by atoms with Crippen LogP contribution in [0.5, 0.6) is 11.5 Å². The van der Waals surface area contributed by atoms with Crippen molar-refractivity contribution in [3.8, 4) is 11.5 Å². The van der Waals surface area contributed by atoms with E-state index in [4.69, 9.17) is 14.6 Å². The van der Waals surface area contributed by atoms with Crippen LogP contribution in [0.1, 0.15) is 23.6 Å². The Kier molecular flexibility index (Phi) is 5.89. The first-order chi connectivity index (χ1) is 13.8.